The van der Waals surface area contributed by atoms with Gasteiger partial charge < -0.3 is 15.0 Å². The lowest BCUT2D eigenvalue weighted by atomic mass is 9.74. The van der Waals surface area contributed by atoms with E-state index in [1.54, 1.807) is 4.57 Å². The number of hydrogen-bond donors (Lipinski definition) is 1. The highest BCUT2D eigenvalue weighted by atomic mass is 19.2. The molecule has 7 heteroatoms. The van der Waals surface area contributed by atoms with Crippen molar-refractivity contribution in [2.75, 3.05) is 12.3 Å². The summed E-state index contributed by atoms with van der Waals surface area (Å²) in [6.07, 6.45) is 4.68. The first-order valence-electron chi connectivity index (χ1n) is 7.39. The fourth-order valence-corrected chi connectivity index (χ4v) is 3.64. The van der Waals surface area contributed by atoms with E-state index in [0.29, 0.717) is 6.42 Å². The summed E-state index contributed by atoms with van der Waals surface area (Å²) in [4.78, 5) is 12.5. The van der Waals surface area contributed by atoms with Crippen LogP contribution >= 0.6 is 0 Å². The molecule has 1 fully saturated rings. The summed E-state index contributed by atoms with van der Waals surface area (Å²) in [5.41, 5.74) is 4.09. The Kier molecular flexibility index (Phi) is 2.71. The Hall–Kier alpha value is -2.62. The molecule has 118 valence electrons. The molecule has 1 aromatic heterocycles. The molecule has 1 aliphatic heterocycles. The lowest BCUT2D eigenvalue weighted by Gasteiger charge is -2.43. The lowest BCUT2D eigenvalue weighted by Crippen LogP contribution is -2.41. The van der Waals surface area contributed by atoms with E-state index in [4.69, 9.17) is 10.5 Å². The zero-order valence-electron chi connectivity index (χ0n) is 12.2. The number of hydrogen-bond acceptors (Lipinski definition) is 4. The van der Waals surface area contributed by atoms with E-state index in [9.17, 15) is 18.8 Å². The molecule has 0 unspecified atom stereocenters. The van der Waals surface area contributed by atoms with E-state index in [0.717, 1.165) is 19.3 Å². The van der Waals surface area contributed by atoms with Gasteiger partial charge in [0.2, 0.25) is 11.2 Å². The number of benzene rings is 1. The molecule has 1 saturated carbocycles. The zero-order chi connectivity index (χ0) is 16.4. The van der Waals surface area contributed by atoms with Crippen molar-refractivity contribution < 1.29 is 13.5 Å². The van der Waals surface area contributed by atoms with Crippen LogP contribution in [0, 0.1) is 23.0 Å². The second-order valence-electron chi connectivity index (χ2n) is 6.12. The van der Waals surface area contributed by atoms with Crippen LogP contribution in [0.25, 0.3) is 10.9 Å². The highest BCUT2D eigenvalue weighted by molar-refractivity contribution is 5.96. The molecular weight excluding hydrogens is 304 g/mol. The van der Waals surface area contributed by atoms with Crippen LogP contribution in [-0.4, -0.2) is 11.2 Å². The van der Waals surface area contributed by atoms with Crippen molar-refractivity contribution in [3.8, 4) is 11.8 Å². The van der Waals surface area contributed by atoms with Gasteiger partial charge in [-0.25, -0.2) is 4.39 Å². The maximum atomic E-state index is 14.3. The summed E-state index contributed by atoms with van der Waals surface area (Å²) in [5, 5.41) is 9.05. The average Bonchev–Trinajstić information content (AvgIpc) is 2.68. The Morgan fingerprint density at radius 2 is 2.04 bits per heavy atom. The molecule has 2 N–H and O–H groups in total. The SMILES string of the molecule is N#Cc1cn2c3c(c(F)c(F)c(N)c3c1=O)OCCC21CCC1. The normalized spacial score (nSPS) is 18.1. The molecule has 2 heterocycles. The van der Waals surface area contributed by atoms with Gasteiger partial charge in [0.05, 0.1) is 17.7 Å². The number of nitrogens with two attached hydrogens (primary N) is 1. The molecule has 0 bridgehead atoms. The van der Waals surface area contributed by atoms with Crippen molar-refractivity contribution in [3.05, 3.63) is 33.6 Å². The van der Waals surface area contributed by atoms with Gasteiger partial charge in [0.25, 0.3) is 0 Å². The minimum absolute atomic E-state index is 0.130. The van der Waals surface area contributed by atoms with Crippen LogP contribution in [0.2, 0.25) is 0 Å². The van der Waals surface area contributed by atoms with Gasteiger partial charge in [0.15, 0.2) is 11.6 Å². The van der Waals surface area contributed by atoms with Gasteiger partial charge >= 0.3 is 0 Å². The Bertz CT molecular complexity index is 955. The molecule has 0 saturated heterocycles. The summed E-state index contributed by atoms with van der Waals surface area (Å²) >= 11 is 0. The molecule has 1 aromatic carbocycles. The van der Waals surface area contributed by atoms with Crippen LogP contribution in [0.3, 0.4) is 0 Å². The maximum absolute atomic E-state index is 14.3. The number of nitrogens with zero attached hydrogens (tertiary/aromatic N) is 2. The van der Waals surface area contributed by atoms with E-state index >= 15 is 0 Å². The number of pyridine rings is 1. The molecule has 0 atom stereocenters. The summed E-state index contributed by atoms with van der Waals surface area (Å²) in [6.45, 7) is 0.215. The van der Waals surface area contributed by atoms with Gasteiger partial charge in [-0.1, -0.05) is 0 Å². The molecule has 23 heavy (non-hydrogen) atoms. The molecule has 0 radical (unpaired) electrons. The largest absolute Gasteiger partial charge is 0.488 e. The van der Waals surface area contributed by atoms with Crippen molar-refractivity contribution in [1.29, 1.82) is 5.26 Å². The zero-order valence-corrected chi connectivity index (χ0v) is 12.2. The molecule has 5 nitrogen and oxygen atoms in total. The number of nitriles is 1. The Labute approximate surface area is 129 Å². The van der Waals surface area contributed by atoms with Crippen molar-refractivity contribution in [3.63, 3.8) is 0 Å². The third kappa shape index (κ3) is 1.61. The highest BCUT2D eigenvalue weighted by Gasteiger charge is 2.42. The van der Waals surface area contributed by atoms with E-state index in [-0.39, 0.29) is 34.4 Å². The predicted molar refractivity (Wildman–Crippen MR) is 79.2 cm³/mol. The van der Waals surface area contributed by atoms with Gasteiger partial charge in [-0.15, -0.1) is 0 Å². The monoisotopic (exact) mass is 317 g/mol. The molecule has 1 spiro atoms. The number of anilines is 1. The van der Waals surface area contributed by atoms with Crippen LogP contribution in [0.15, 0.2) is 11.0 Å². The lowest BCUT2D eigenvalue weighted by molar-refractivity contribution is 0.116. The first-order chi connectivity index (χ1) is 11.0. The Morgan fingerprint density at radius 1 is 1.30 bits per heavy atom. The summed E-state index contributed by atoms with van der Waals surface area (Å²) < 4.78 is 35.6. The van der Waals surface area contributed by atoms with Crippen LogP contribution in [-0.2, 0) is 5.54 Å². The van der Waals surface area contributed by atoms with Crippen LogP contribution in [0.4, 0.5) is 14.5 Å². The summed E-state index contributed by atoms with van der Waals surface area (Å²) in [6, 6.07) is 1.83. The topological polar surface area (TPSA) is 81.0 Å². The molecule has 2 aromatic rings. The van der Waals surface area contributed by atoms with E-state index in [2.05, 4.69) is 0 Å². The number of aromatic nitrogens is 1. The average molecular weight is 317 g/mol. The molecule has 4 rings (SSSR count). The van der Waals surface area contributed by atoms with Gasteiger partial charge in [-0.3, -0.25) is 4.79 Å². The van der Waals surface area contributed by atoms with Crippen molar-refractivity contribution in [1.82, 2.24) is 4.57 Å². The standard InChI is InChI=1S/C16H13F2N3O2/c17-10-11(18)15-13-9(12(10)20)14(22)8(6-19)7-21(13)16(2-1-3-16)4-5-23-15/h7H,1-5,20H2. The number of nitrogen functional groups attached to an aromatic ring is 1. The van der Waals surface area contributed by atoms with Crippen molar-refractivity contribution in [2.24, 2.45) is 0 Å². The van der Waals surface area contributed by atoms with Gasteiger partial charge in [-0.2, -0.15) is 9.65 Å². The molecule has 2 aliphatic rings. The quantitative estimate of drug-likeness (QED) is 0.757. The third-order valence-corrected chi connectivity index (χ3v) is 5.05. The Balaban J connectivity index is 2.28. The van der Waals surface area contributed by atoms with Crippen LogP contribution < -0.4 is 15.9 Å². The minimum atomic E-state index is -1.31. The van der Waals surface area contributed by atoms with Gasteiger partial charge in [0, 0.05) is 18.2 Å². The van der Waals surface area contributed by atoms with Gasteiger partial charge in [0.1, 0.15) is 17.1 Å². The number of fused-ring (bicyclic) bond motifs is 1. The molecule has 0 amide bonds. The Morgan fingerprint density at radius 3 is 2.65 bits per heavy atom. The molecule has 1 aliphatic carbocycles. The van der Waals surface area contributed by atoms with Gasteiger partial charge in [-0.05, 0) is 19.3 Å². The van der Waals surface area contributed by atoms with Crippen molar-refractivity contribution in [2.45, 2.75) is 31.2 Å². The first kappa shape index (κ1) is 14.0. The smallest absolute Gasteiger partial charge is 0.209 e. The van der Waals surface area contributed by atoms with Crippen molar-refractivity contribution >= 4 is 16.6 Å². The maximum Gasteiger partial charge on any atom is 0.209 e. The summed E-state index contributed by atoms with van der Waals surface area (Å²) in [5.74, 6) is -2.79. The number of ether oxygens (including phenoxy) is 1. The first-order valence-corrected chi connectivity index (χ1v) is 7.39. The fraction of sp³-hybridized carbons (Fsp3) is 0.375. The molecular formula is C16H13F2N3O2. The summed E-state index contributed by atoms with van der Waals surface area (Å²) in [7, 11) is 0. The number of halogens is 2. The highest BCUT2D eigenvalue weighted by Crippen LogP contribution is 2.48. The second kappa shape index (κ2) is 4.44. The third-order valence-electron chi connectivity index (χ3n) is 5.05. The van der Waals surface area contributed by atoms with E-state index in [1.807, 2.05) is 6.07 Å². The predicted octanol–water partition coefficient (Wildman–Crippen LogP) is 2.40. The van der Waals surface area contributed by atoms with E-state index < -0.39 is 22.8 Å². The van der Waals surface area contributed by atoms with Crippen LogP contribution in [0.5, 0.6) is 5.75 Å². The van der Waals surface area contributed by atoms with Crippen LogP contribution in [0.1, 0.15) is 31.2 Å². The minimum Gasteiger partial charge on any atom is -0.488 e. The number of rotatable bonds is 0. The fourth-order valence-electron chi connectivity index (χ4n) is 3.64. The van der Waals surface area contributed by atoms with E-state index in [1.165, 1.54) is 6.20 Å². The second-order valence-corrected chi connectivity index (χ2v) is 6.12.